The van der Waals surface area contributed by atoms with E-state index < -0.39 is 10.0 Å². The molecule has 0 fully saturated rings. The molecule has 0 atom stereocenters. The summed E-state index contributed by atoms with van der Waals surface area (Å²) in [7, 11) is -0.583. The van der Waals surface area contributed by atoms with Crippen molar-refractivity contribution in [1.29, 1.82) is 0 Å². The minimum absolute atomic E-state index is 0.0399. The van der Waals surface area contributed by atoms with E-state index in [-0.39, 0.29) is 23.0 Å². The van der Waals surface area contributed by atoms with E-state index in [2.05, 4.69) is 20.0 Å². The zero-order chi connectivity index (χ0) is 14.8. The van der Waals surface area contributed by atoms with Gasteiger partial charge in [0.05, 0.1) is 12.9 Å². The SMILES string of the molecule is CNC(=O)c1cc(S(=O)(=O)NCc2cnc[nH]2)cn1C. The van der Waals surface area contributed by atoms with Gasteiger partial charge in [-0.1, -0.05) is 0 Å². The first-order valence-corrected chi connectivity index (χ1v) is 7.27. The second-order valence-corrected chi connectivity index (χ2v) is 5.92. The highest BCUT2D eigenvalue weighted by Gasteiger charge is 2.19. The van der Waals surface area contributed by atoms with Gasteiger partial charge in [-0.25, -0.2) is 18.1 Å². The maximum Gasteiger partial charge on any atom is 0.267 e. The van der Waals surface area contributed by atoms with Crippen LogP contribution >= 0.6 is 0 Å². The molecule has 0 saturated carbocycles. The van der Waals surface area contributed by atoms with E-state index in [4.69, 9.17) is 0 Å². The molecule has 0 aliphatic heterocycles. The van der Waals surface area contributed by atoms with Crippen molar-refractivity contribution in [3.8, 4) is 0 Å². The van der Waals surface area contributed by atoms with E-state index in [0.29, 0.717) is 5.69 Å². The highest BCUT2D eigenvalue weighted by molar-refractivity contribution is 7.89. The fraction of sp³-hybridized carbons (Fsp3) is 0.273. The number of nitrogens with zero attached hydrogens (tertiary/aromatic N) is 2. The number of imidazole rings is 1. The first kappa shape index (κ1) is 14.3. The lowest BCUT2D eigenvalue weighted by Gasteiger charge is -2.02. The highest BCUT2D eigenvalue weighted by Crippen LogP contribution is 2.13. The Morgan fingerprint density at radius 3 is 2.85 bits per heavy atom. The summed E-state index contributed by atoms with van der Waals surface area (Å²) in [4.78, 5) is 18.2. The van der Waals surface area contributed by atoms with Gasteiger partial charge in [-0.05, 0) is 6.07 Å². The van der Waals surface area contributed by atoms with Gasteiger partial charge in [0, 0.05) is 32.2 Å². The van der Waals surface area contributed by atoms with Gasteiger partial charge in [-0.15, -0.1) is 0 Å². The topological polar surface area (TPSA) is 109 Å². The monoisotopic (exact) mass is 297 g/mol. The Kier molecular flexibility index (Phi) is 3.91. The molecule has 8 nitrogen and oxygen atoms in total. The zero-order valence-electron chi connectivity index (χ0n) is 11.0. The normalized spacial score (nSPS) is 11.5. The van der Waals surface area contributed by atoms with Crippen LogP contribution in [0.2, 0.25) is 0 Å². The van der Waals surface area contributed by atoms with E-state index in [1.165, 1.54) is 36.4 Å². The molecule has 3 N–H and O–H groups in total. The largest absolute Gasteiger partial charge is 0.354 e. The number of aryl methyl sites for hydroxylation is 1. The molecule has 20 heavy (non-hydrogen) atoms. The van der Waals surface area contributed by atoms with Gasteiger partial charge in [0.1, 0.15) is 10.6 Å². The molecule has 0 spiro atoms. The van der Waals surface area contributed by atoms with Crippen molar-refractivity contribution in [2.45, 2.75) is 11.4 Å². The van der Waals surface area contributed by atoms with E-state index in [1.54, 1.807) is 7.05 Å². The van der Waals surface area contributed by atoms with E-state index in [1.807, 2.05) is 0 Å². The van der Waals surface area contributed by atoms with Crippen LogP contribution in [0.4, 0.5) is 0 Å². The van der Waals surface area contributed by atoms with Gasteiger partial charge in [0.25, 0.3) is 5.91 Å². The van der Waals surface area contributed by atoms with Crippen LogP contribution in [0.5, 0.6) is 0 Å². The molecule has 2 heterocycles. The predicted octanol–water partition coefficient (Wildman–Crippen LogP) is -0.414. The number of carbonyl (C=O) groups is 1. The number of H-pyrrole nitrogens is 1. The second kappa shape index (κ2) is 5.47. The Labute approximate surface area is 116 Å². The van der Waals surface area contributed by atoms with Crippen molar-refractivity contribution >= 4 is 15.9 Å². The Morgan fingerprint density at radius 1 is 1.50 bits per heavy atom. The molecule has 0 aliphatic carbocycles. The third-order valence-corrected chi connectivity index (χ3v) is 4.13. The average Bonchev–Trinajstić information content (AvgIpc) is 3.05. The minimum atomic E-state index is -3.68. The zero-order valence-corrected chi connectivity index (χ0v) is 11.9. The van der Waals surface area contributed by atoms with E-state index >= 15 is 0 Å². The van der Waals surface area contributed by atoms with Crippen LogP contribution in [0.25, 0.3) is 0 Å². The summed E-state index contributed by atoms with van der Waals surface area (Å²) in [5.41, 5.74) is 0.922. The van der Waals surface area contributed by atoms with Crippen LogP contribution < -0.4 is 10.0 Å². The number of hydrogen-bond donors (Lipinski definition) is 3. The number of aromatic nitrogens is 3. The summed E-state index contributed by atoms with van der Waals surface area (Å²) in [6.07, 6.45) is 4.39. The van der Waals surface area contributed by atoms with Gasteiger partial charge in [0.15, 0.2) is 0 Å². The average molecular weight is 297 g/mol. The summed E-state index contributed by atoms with van der Waals surface area (Å²) in [5, 5.41) is 2.45. The molecule has 2 aromatic rings. The van der Waals surface area contributed by atoms with Gasteiger partial charge >= 0.3 is 0 Å². The fourth-order valence-corrected chi connectivity index (χ4v) is 2.75. The lowest BCUT2D eigenvalue weighted by atomic mass is 10.4. The number of aromatic amines is 1. The molecule has 1 amide bonds. The van der Waals surface area contributed by atoms with E-state index in [0.717, 1.165) is 0 Å². The highest BCUT2D eigenvalue weighted by atomic mass is 32.2. The lowest BCUT2D eigenvalue weighted by Crippen LogP contribution is -2.23. The maximum atomic E-state index is 12.1. The van der Waals surface area contributed by atoms with Crippen molar-refractivity contribution in [3.05, 3.63) is 36.2 Å². The van der Waals surface area contributed by atoms with Crippen LogP contribution in [0, 0.1) is 0 Å². The second-order valence-electron chi connectivity index (χ2n) is 4.15. The minimum Gasteiger partial charge on any atom is -0.354 e. The molecule has 0 bridgehead atoms. The number of amides is 1. The molecule has 0 aromatic carbocycles. The Bertz CT molecular complexity index is 703. The first-order valence-electron chi connectivity index (χ1n) is 5.79. The lowest BCUT2D eigenvalue weighted by molar-refractivity contribution is 0.0955. The Hall–Kier alpha value is -2.13. The van der Waals surface area contributed by atoms with Crippen molar-refractivity contribution in [3.63, 3.8) is 0 Å². The van der Waals surface area contributed by atoms with Crippen LogP contribution in [-0.4, -0.2) is 35.9 Å². The van der Waals surface area contributed by atoms with Crippen molar-refractivity contribution in [1.82, 2.24) is 24.6 Å². The van der Waals surface area contributed by atoms with Gasteiger partial charge < -0.3 is 14.9 Å². The summed E-state index contributed by atoms with van der Waals surface area (Å²) >= 11 is 0. The molecule has 0 radical (unpaired) electrons. The van der Waals surface area contributed by atoms with Crippen LogP contribution in [-0.2, 0) is 23.6 Å². The van der Waals surface area contributed by atoms with Crippen LogP contribution in [0.1, 0.15) is 16.2 Å². The summed E-state index contributed by atoms with van der Waals surface area (Å²) in [6.45, 7) is 0.104. The van der Waals surface area contributed by atoms with Crippen LogP contribution in [0.15, 0.2) is 29.7 Å². The summed E-state index contributed by atoms with van der Waals surface area (Å²) in [6, 6.07) is 1.33. The molecule has 2 aromatic heterocycles. The van der Waals surface area contributed by atoms with Crippen molar-refractivity contribution < 1.29 is 13.2 Å². The Balaban J connectivity index is 2.19. The molecule has 108 valence electrons. The smallest absolute Gasteiger partial charge is 0.267 e. The third kappa shape index (κ3) is 2.89. The quantitative estimate of drug-likeness (QED) is 0.696. The molecule has 9 heteroatoms. The first-order chi connectivity index (χ1) is 9.44. The van der Waals surface area contributed by atoms with Crippen molar-refractivity contribution in [2.24, 2.45) is 7.05 Å². The predicted molar refractivity (Wildman–Crippen MR) is 71.4 cm³/mol. The van der Waals surface area contributed by atoms with Crippen LogP contribution in [0.3, 0.4) is 0 Å². The molecule has 2 rings (SSSR count). The number of rotatable bonds is 5. The number of hydrogen-bond acceptors (Lipinski definition) is 4. The number of carbonyl (C=O) groups excluding carboxylic acids is 1. The number of nitrogens with one attached hydrogen (secondary N) is 3. The molecule has 0 aliphatic rings. The van der Waals surface area contributed by atoms with Gasteiger partial charge in [-0.3, -0.25) is 4.79 Å². The number of sulfonamides is 1. The van der Waals surface area contributed by atoms with Gasteiger partial charge in [0.2, 0.25) is 10.0 Å². The molecule has 0 saturated heterocycles. The maximum absolute atomic E-state index is 12.1. The standard InChI is InChI=1S/C11H15N5O3S/c1-12-11(17)10-3-9(6-16(10)2)20(18,19)15-5-8-4-13-7-14-8/h3-4,6-7,15H,5H2,1-2H3,(H,12,17)(H,13,14). The summed E-state index contributed by atoms with van der Waals surface area (Å²) < 4.78 is 28.1. The van der Waals surface area contributed by atoms with Crippen molar-refractivity contribution in [2.75, 3.05) is 7.05 Å². The summed E-state index contributed by atoms with van der Waals surface area (Å²) in [5.74, 6) is -0.345. The third-order valence-electron chi connectivity index (χ3n) is 2.76. The molecule has 0 unspecified atom stereocenters. The Morgan fingerprint density at radius 2 is 2.25 bits per heavy atom. The molecular weight excluding hydrogens is 282 g/mol. The molecular formula is C11H15N5O3S. The van der Waals surface area contributed by atoms with Gasteiger partial charge in [-0.2, -0.15) is 0 Å². The van der Waals surface area contributed by atoms with E-state index in [9.17, 15) is 13.2 Å². The fourth-order valence-electron chi connectivity index (χ4n) is 1.67.